The first-order valence-corrected chi connectivity index (χ1v) is 10.6. The van der Waals surface area contributed by atoms with E-state index in [0.717, 1.165) is 0 Å². The lowest BCUT2D eigenvalue weighted by molar-refractivity contribution is -0.125. The molecule has 7 nitrogen and oxygen atoms in total. The van der Waals surface area contributed by atoms with Crippen molar-refractivity contribution in [3.8, 4) is 5.88 Å². The van der Waals surface area contributed by atoms with E-state index in [1.165, 1.54) is 18.5 Å². The van der Waals surface area contributed by atoms with E-state index >= 15 is 0 Å². The highest BCUT2D eigenvalue weighted by Gasteiger charge is 2.28. The number of ether oxygens (including phenoxy) is 1. The van der Waals surface area contributed by atoms with Crippen molar-refractivity contribution < 1.29 is 13.9 Å². The molecule has 1 N–H and O–H groups in total. The second-order valence-corrected chi connectivity index (χ2v) is 8.51. The molecule has 0 bridgehead atoms. The number of fused-ring (bicyclic) bond motifs is 1. The predicted molar refractivity (Wildman–Crippen MR) is 121 cm³/mol. The fourth-order valence-electron chi connectivity index (χ4n) is 3.75. The van der Waals surface area contributed by atoms with E-state index < -0.39 is 11.4 Å². The first-order valence-electron chi connectivity index (χ1n) is 10.2. The number of amides is 1. The number of likely N-dealkylation sites (tertiary alicyclic amines) is 1. The van der Waals surface area contributed by atoms with E-state index in [1.54, 1.807) is 29.2 Å². The van der Waals surface area contributed by atoms with Gasteiger partial charge in [0.2, 0.25) is 11.8 Å². The van der Waals surface area contributed by atoms with E-state index in [-0.39, 0.29) is 17.0 Å². The van der Waals surface area contributed by atoms with Gasteiger partial charge in [-0.05, 0) is 32.1 Å². The van der Waals surface area contributed by atoms with Crippen molar-refractivity contribution in [2.24, 2.45) is 0 Å². The third-order valence-electron chi connectivity index (χ3n) is 5.43. The molecule has 1 aliphatic rings. The fourth-order valence-corrected chi connectivity index (χ4v) is 3.93. The van der Waals surface area contributed by atoms with Crippen molar-refractivity contribution in [1.82, 2.24) is 19.9 Å². The minimum atomic E-state index is -0.828. The van der Waals surface area contributed by atoms with Crippen molar-refractivity contribution >= 4 is 34.4 Å². The van der Waals surface area contributed by atoms with Crippen LogP contribution in [0.4, 0.5) is 10.2 Å². The number of carbonyl (C=O) groups is 1. The van der Waals surface area contributed by atoms with Gasteiger partial charge in [0.1, 0.15) is 23.8 Å². The third-order valence-corrected chi connectivity index (χ3v) is 5.72. The molecule has 0 spiro atoms. The van der Waals surface area contributed by atoms with Crippen molar-refractivity contribution in [3.05, 3.63) is 65.7 Å². The first kappa shape index (κ1) is 22.0. The van der Waals surface area contributed by atoms with E-state index in [0.29, 0.717) is 47.8 Å². The Morgan fingerprint density at radius 3 is 2.94 bits per heavy atom. The number of carbonyl (C=O) groups excluding carboxylic acids is 1. The standard InChI is InChI=1S/C23H23ClFN5O2/c1-4-19(31)30-11-10-14(12-30)32-18-9-8-17-21(28-18)22(27-13-26-17)29-23(2,3)15-6-5-7-16(24)20(15)25/h4-9,13-14H,1,10-12H2,2-3H3,(H,26,27,29)/t14-/m0/s1. The minimum Gasteiger partial charge on any atom is -0.472 e. The Labute approximate surface area is 190 Å². The van der Waals surface area contributed by atoms with E-state index in [9.17, 15) is 9.18 Å². The number of halogens is 2. The fraction of sp³-hybridized carbons (Fsp3) is 0.304. The number of benzene rings is 1. The maximum Gasteiger partial charge on any atom is 0.246 e. The molecule has 0 radical (unpaired) electrons. The first-order chi connectivity index (χ1) is 15.3. The topological polar surface area (TPSA) is 80.2 Å². The number of anilines is 1. The third kappa shape index (κ3) is 4.36. The van der Waals surface area contributed by atoms with Crippen molar-refractivity contribution in [1.29, 1.82) is 0 Å². The Kier molecular flexibility index (Phi) is 5.97. The van der Waals surface area contributed by atoms with Crippen molar-refractivity contribution in [2.45, 2.75) is 31.9 Å². The number of nitrogens with one attached hydrogen (secondary N) is 1. The minimum absolute atomic E-state index is 0.0549. The van der Waals surface area contributed by atoms with Crippen LogP contribution in [-0.2, 0) is 10.3 Å². The number of hydrogen-bond acceptors (Lipinski definition) is 6. The quantitative estimate of drug-likeness (QED) is 0.557. The van der Waals surface area contributed by atoms with E-state index in [1.807, 2.05) is 13.8 Å². The Morgan fingerprint density at radius 2 is 2.16 bits per heavy atom. The summed E-state index contributed by atoms with van der Waals surface area (Å²) in [5.74, 6) is 0.250. The largest absolute Gasteiger partial charge is 0.472 e. The highest BCUT2D eigenvalue weighted by molar-refractivity contribution is 6.30. The van der Waals surface area contributed by atoms with Gasteiger partial charge in [0.15, 0.2) is 5.82 Å². The Bertz CT molecular complexity index is 1190. The molecule has 4 rings (SSSR count). The molecular formula is C23H23ClFN5O2. The van der Waals surface area contributed by atoms with Gasteiger partial charge in [-0.3, -0.25) is 4.79 Å². The molecule has 1 aliphatic heterocycles. The van der Waals surface area contributed by atoms with E-state index in [4.69, 9.17) is 16.3 Å². The van der Waals surface area contributed by atoms with Gasteiger partial charge in [0.25, 0.3) is 0 Å². The summed E-state index contributed by atoms with van der Waals surface area (Å²) in [6.07, 6.45) is 3.27. The van der Waals surface area contributed by atoms with Crippen LogP contribution in [0.3, 0.4) is 0 Å². The molecule has 1 aromatic carbocycles. The van der Waals surface area contributed by atoms with Crippen LogP contribution in [0.5, 0.6) is 5.88 Å². The van der Waals surface area contributed by atoms with Gasteiger partial charge in [-0.2, -0.15) is 0 Å². The van der Waals surface area contributed by atoms with Crippen LogP contribution in [-0.4, -0.2) is 45.0 Å². The van der Waals surface area contributed by atoms with Gasteiger partial charge in [0.05, 0.1) is 22.6 Å². The summed E-state index contributed by atoms with van der Waals surface area (Å²) in [7, 11) is 0. The van der Waals surface area contributed by atoms with Gasteiger partial charge in [-0.1, -0.05) is 30.3 Å². The predicted octanol–water partition coefficient (Wildman–Crippen LogP) is 4.33. The highest BCUT2D eigenvalue weighted by Crippen LogP contribution is 2.32. The molecule has 1 amide bonds. The zero-order valence-electron chi connectivity index (χ0n) is 17.8. The van der Waals surface area contributed by atoms with Crippen LogP contribution in [0.2, 0.25) is 5.02 Å². The maximum atomic E-state index is 14.6. The zero-order chi connectivity index (χ0) is 22.9. The lowest BCUT2D eigenvalue weighted by atomic mass is 9.93. The summed E-state index contributed by atoms with van der Waals surface area (Å²) in [6.45, 7) is 8.27. The summed E-state index contributed by atoms with van der Waals surface area (Å²) in [5, 5.41) is 3.32. The Morgan fingerprint density at radius 1 is 1.34 bits per heavy atom. The Balaban J connectivity index is 1.60. The number of pyridine rings is 1. The maximum absolute atomic E-state index is 14.6. The molecule has 3 aromatic rings. The van der Waals surface area contributed by atoms with Crippen LogP contribution >= 0.6 is 11.6 Å². The smallest absolute Gasteiger partial charge is 0.246 e. The van der Waals surface area contributed by atoms with Gasteiger partial charge < -0.3 is 15.0 Å². The molecule has 0 saturated carbocycles. The van der Waals surface area contributed by atoms with Crippen molar-refractivity contribution in [3.63, 3.8) is 0 Å². The van der Waals surface area contributed by atoms with Crippen LogP contribution in [0, 0.1) is 5.82 Å². The molecule has 0 unspecified atom stereocenters. The molecular weight excluding hydrogens is 433 g/mol. The molecule has 1 atom stereocenters. The summed E-state index contributed by atoms with van der Waals surface area (Å²) in [4.78, 5) is 26.7. The lowest BCUT2D eigenvalue weighted by Gasteiger charge is -2.28. The van der Waals surface area contributed by atoms with Crippen LogP contribution in [0.15, 0.2) is 49.3 Å². The second-order valence-electron chi connectivity index (χ2n) is 8.11. The molecule has 3 heterocycles. The number of hydrogen-bond donors (Lipinski definition) is 1. The average Bonchev–Trinajstić information content (AvgIpc) is 3.23. The highest BCUT2D eigenvalue weighted by atomic mass is 35.5. The van der Waals surface area contributed by atoms with Crippen molar-refractivity contribution in [2.75, 3.05) is 18.4 Å². The van der Waals surface area contributed by atoms with Crippen LogP contribution in [0.1, 0.15) is 25.8 Å². The number of aromatic nitrogens is 3. The number of rotatable bonds is 6. The Hall–Kier alpha value is -3.26. The molecule has 9 heteroatoms. The monoisotopic (exact) mass is 455 g/mol. The van der Waals surface area contributed by atoms with Gasteiger partial charge in [-0.25, -0.2) is 19.3 Å². The summed E-state index contributed by atoms with van der Waals surface area (Å²) in [5.41, 5.74) is 0.693. The summed E-state index contributed by atoms with van der Waals surface area (Å²) in [6, 6.07) is 8.41. The molecule has 166 valence electrons. The molecule has 1 fully saturated rings. The van der Waals surface area contributed by atoms with Crippen LogP contribution in [0.25, 0.3) is 11.0 Å². The second kappa shape index (κ2) is 8.70. The molecule has 1 saturated heterocycles. The lowest BCUT2D eigenvalue weighted by Crippen LogP contribution is -2.30. The van der Waals surface area contributed by atoms with Crippen LogP contribution < -0.4 is 10.1 Å². The normalized spacial score (nSPS) is 16.2. The summed E-state index contributed by atoms with van der Waals surface area (Å²) >= 11 is 5.97. The van der Waals surface area contributed by atoms with Gasteiger partial charge in [-0.15, -0.1) is 0 Å². The van der Waals surface area contributed by atoms with E-state index in [2.05, 4.69) is 26.8 Å². The summed E-state index contributed by atoms with van der Waals surface area (Å²) < 4.78 is 20.7. The SMILES string of the molecule is C=CC(=O)N1CC[C@H](Oc2ccc3ncnc(NC(C)(C)c4cccc(Cl)c4F)c3n2)C1. The van der Waals surface area contributed by atoms with Gasteiger partial charge >= 0.3 is 0 Å². The molecule has 2 aromatic heterocycles. The molecule has 32 heavy (non-hydrogen) atoms. The average molecular weight is 456 g/mol. The zero-order valence-corrected chi connectivity index (χ0v) is 18.6. The molecule has 0 aliphatic carbocycles. The van der Waals surface area contributed by atoms with Gasteiger partial charge in [0, 0.05) is 24.6 Å². The number of nitrogens with zero attached hydrogens (tertiary/aromatic N) is 4.